The monoisotopic (exact) mass is 296 g/mol. The number of nitrogens with zero attached hydrogens (tertiary/aromatic N) is 1. The molecule has 1 rings (SSSR count). The molecule has 0 saturated carbocycles. The quantitative estimate of drug-likeness (QED) is 0.622. The Morgan fingerprint density at radius 1 is 1.53 bits per heavy atom. The van der Waals surface area contributed by atoms with Crippen LogP contribution in [-0.4, -0.2) is 36.2 Å². The molecule has 0 aromatic carbocycles. The molecule has 0 amide bonds. The highest BCUT2D eigenvalue weighted by Crippen LogP contribution is 2.12. The number of nitrogens with one attached hydrogen (secondary N) is 1. The lowest BCUT2D eigenvalue weighted by atomic mass is 10.5. The van der Waals surface area contributed by atoms with E-state index in [-0.39, 0.29) is 16.6 Å². The van der Waals surface area contributed by atoms with E-state index in [0.29, 0.717) is 12.2 Å². The van der Waals surface area contributed by atoms with E-state index in [1.54, 1.807) is 6.26 Å². The number of hydrogen-bond acceptors (Lipinski definition) is 4. The lowest BCUT2D eigenvalue weighted by molar-refractivity contribution is 0.580. The average molecular weight is 297 g/mol. The van der Waals surface area contributed by atoms with Crippen LogP contribution in [0.15, 0.2) is 23.2 Å². The first kappa shape index (κ1) is 14.6. The van der Waals surface area contributed by atoms with Crippen LogP contribution in [0.4, 0.5) is 0 Å². The number of hydrogen-bond donors (Lipinski definition) is 1. The van der Waals surface area contributed by atoms with Gasteiger partial charge in [-0.2, -0.15) is 0 Å². The molecule has 1 aromatic rings. The van der Waals surface area contributed by atoms with Gasteiger partial charge in [0.05, 0.1) is 4.90 Å². The molecule has 0 fully saturated rings. The van der Waals surface area contributed by atoms with Crippen LogP contribution in [0, 0.1) is 0 Å². The van der Waals surface area contributed by atoms with Gasteiger partial charge in [0.25, 0.3) is 0 Å². The van der Waals surface area contributed by atoms with E-state index in [1.807, 2.05) is 0 Å². The van der Waals surface area contributed by atoms with Gasteiger partial charge in [0.1, 0.15) is 5.15 Å². The second kappa shape index (κ2) is 6.44. The molecule has 1 N–H and O–H groups in total. The lowest BCUT2D eigenvalue weighted by Gasteiger charge is -2.06. The van der Waals surface area contributed by atoms with Gasteiger partial charge in [-0.15, -0.1) is 0 Å². The first-order valence-corrected chi connectivity index (χ1v) is 8.42. The van der Waals surface area contributed by atoms with Crippen LogP contribution in [0.2, 0.25) is 5.15 Å². The molecule has 0 spiro atoms. The highest BCUT2D eigenvalue weighted by molar-refractivity contribution is 7.89. The van der Waals surface area contributed by atoms with Crippen molar-refractivity contribution in [3.05, 3.63) is 23.5 Å². The second-order valence-electron chi connectivity index (χ2n) is 3.34. The maximum atomic E-state index is 11.8. The van der Waals surface area contributed by atoms with Crippen molar-refractivity contribution in [3.8, 4) is 0 Å². The standard InChI is InChI=1S/C9H13ClN2O3S2/c1-16(13)6-2-4-12-17(14,15)8-3-5-11-9(10)7-8/h3,5,7,12H,2,4,6H2,1H3. The molecule has 96 valence electrons. The van der Waals surface area contributed by atoms with Crippen LogP contribution in [-0.2, 0) is 20.8 Å². The molecular weight excluding hydrogens is 284 g/mol. The largest absolute Gasteiger partial charge is 0.260 e. The molecule has 0 saturated heterocycles. The van der Waals surface area contributed by atoms with Gasteiger partial charge in [-0.3, -0.25) is 4.21 Å². The van der Waals surface area contributed by atoms with Gasteiger partial charge in [-0.05, 0) is 18.6 Å². The van der Waals surface area contributed by atoms with E-state index in [4.69, 9.17) is 11.6 Å². The van der Waals surface area contributed by atoms with Gasteiger partial charge in [0, 0.05) is 35.5 Å². The highest BCUT2D eigenvalue weighted by Gasteiger charge is 2.13. The minimum Gasteiger partial charge on any atom is -0.260 e. The van der Waals surface area contributed by atoms with Gasteiger partial charge in [-0.1, -0.05) is 11.6 Å². The molecule has 0 radical (unpaired) electrons. The fourth-order valence-corrected chi connectivity index (χ4v) is 2.99. The van der Waals surface area contributed by atoms with Crippen molar-refractivity contribution in [2.45, 2.75) is 11.3 Å². The number of aromatic nitrogens is 1. The van der Waals surface area contributed by atoms with E-state index in [0.717, 1.165) is 0 Å². The lowest BCUT2D eigenvalue weighted by Crippen LogP contribution is -2.25. The zero-order chi connectivity index (χ0) is 12.9. The topological polar surface area (TPSA) is 76.1 Å². The van der Waals surface area contributed by atoms with Crippen LogP contribution in [0.25, 0.3) is 0 Å². The molecule has 1 heterocycles. The fraction of sp³-hybridized carbons (Fsp3) is 0.444. The molecule has 1 unspecified atom stereocenters. The van der Waals surface area contributed by atoms with Crippen molar-refractivity contribution in [1.29, 1.82) is 0 Å². The maximum Gasteiger partial charge on any atom is 0.240 e. The van der Waals surface area contributed by atoms with Crippen molar-refractivity contribution < 1.29 is 12.6 Å². The van der Waals surface area contributed by atoms with Crippen molar-refractivity contribution in [2.24, 2.45) is 0 Å². The van der Waals surface area contributed by atoms with Gasteiger partial charge in [0.2, 0.25) is 10.0 Å². The first-order chi connectivity index (χ1) is 7.92. The summed E-state index contributed by atoms with van der Waals surface area (Å²) < 4.78 is 36.7. The molecule has 0 bridgehead atoms. The summed E-state index contributed by atoms with van der Waals surface area (Å²) in [5, 5.41) is 0.127. The summed E-state index contributed by atoms with van der Waals surface area (Å²) in [7, 11) is -4.46. The minimum atomic E-state index is -3.55. The van der Waals surface area contributed by atoms with Crippen molar-refractivity contribution >= 4 is 32.4 Å². The van der Waals surface area contributed by atoms with E-state index in [1.165, 1.54) is 18.3 Å². The average Bonchev–Trinajstić information content (AvgIpc) is 2.24. The van der Waals surface area contributed by atoms with E-state index < -0.39 is 20.8 Å². The molecule has 0 aliphatic heterocycles. The smallest absolute Gasteiger partial charge is 0.240 e. The Morgan fingerprint density at radius 3 is 2.82 bits per heavy atom. The molecule has 5 nitrogen and oxygen atoms in total. The first-order valence-electron chi connectivity index (χ1n) is 4.83. The third-order valence-corrected chi connectivity index (χ3v) is 4.44. The summed E-state index contributed by atoms with van der Waals surface area (Å²) >= 11 is 5.61. The minimum absolute atomic E-state index is 0.0788. The van der Waals surface area contributed by atoms with E-state index in [9.17, 15) is 12.6 Å². The molecular formula is C9H13ClN2O3S2. The van der Waals surface area contributed by atoms with Gasteiger partial charge in [0.15, 0.2) is 0 Å². The Morgan fingerprint density at radius 2 is 2.24 bits per heavy atom. The predicted molar refractivity (Wildman–Crippen MR) is 68.0 cm³/mol. The summed E-state index contributed by atoms with van der Waals surface area (Å²) in [4.78, 5) is 3.78. The molecule has 17 heavy (non-hydrogen) atoms. The molecule has 8 heteroatoms. The Balaban J connectivity index is 2.60. The van der Waals surface area contributed by atoms with E-state index >= 15 is 0 Å². The third-order valence-electron chi connectivity index (χ3n) is 1.91. The number of pyridine rings is 1. The van der Waals surface area contributed by atoms with Crippen LogP contribution < -0.4 is 4.72 Å². The van der Waals surface area contributed by atoms with Crippen LogP contribution in [0.5, 0.6) is 0 Å². The highest BCUT2D eigenvalue weighted by atomic mass is 35.5. The summed E-state index contributed by atoms with van der Waals surface area (Å²) in [6.45, 7) is 0.252. The zero-order valence-electron chi connectivity index (χ0n) is 9.22. The third kappa shape index (κ3) is 5.12. The van der Waals surface area contributed by atoms with Crippen LogP contribution in [0.1, 0.15) is 6.42 Å². The Hall–Kier alpha value is -0.500. The SMILES string of the molecule is CS(=O)CCCNS(=O)(=O)c1ccnc(Cl)c1. The van der Waals surface area contributed by atoms with Crippen molar-refractivity contribution in [1.82, 2.24) is 9.71 Å². The molecule has 0 aliphatic carbocycles. The van der Waals surface area contributed by atoms with Crippen molar-refractivity contribution in [2.75, 3.05) is 18.6 Å². The number of halogens is 1. The van der Waals surface area contributed by atoms with Crippen molar-refractivity contribution in [3.63, 3.8) is 0 Å². The number of rotatable bonds is 6. The summed E-state index contributed by atoms with van der Waals surface area (Å²) in [5.74, 6) is 0.472. The summed E-state index contributed by atoms with van der Waals surface area (Å²) in [6, 6.07) is 2.65. The van der Waals surface area contributed by atoms with Gasteiger partial charge in [-0.25, -0.2) is 18.1 Å². The molecule has 0 aliphatic rings. The molecule has 1 aromatic heterocycles. The maximum absolute atomic E-state index is 11.8. The number of sulfonamides is 1. The Kier molecular flexibility index (Phi) is 5.51. The van der Waals surface area contributed by atoms with Gasteiger partial charge >= 0.3 is 0 Å². The molecule has 1 atom stereocenters. The summed E-state index contributed by atoms with van der Waals surface area (Å²) in [6.07, 6.45) is 3.44. The van der Waals surface area contributed by atoms with Crippen LogP contribution >= 0.6 is 11.6 Å². The van der Waals surface area contributed by atoms with Crippen LogP contribution in [0.3, 0.4) is 0 Å². The van der Waals surface area contributed by atoms with E-state index in [2.05, 4.69) is 9.71 Å². The Bertz CT molecular complexity index is 505. The normalized spacial score (nSPS) is 13.5. The summed E-state index contributed by atoms with van der Waals surface area (Å²) in [5.41, 5.74) is 0. The van der Waals surface area contributed by atoms with Gasteiger partial charge < -0.3 is 0 Å². The zero-order valence-corrected chi connectivity index (χ0v) is 11.6. The fourth-order valence-electron chi connectivity index (χ4n) is 1.12. The Labute approximate surface area is 108 Å². The second-order valence-corrected chi connectivity index (χ2v) is 7.05. The predicted octanol–water partition coefficient (Wildman–Crippen LogP) is 0.782.